The van der Waals surface area contributed by atoms with Crippen LogP contribution in [0, 0.1) is 23.6 Å². The lowest BCUT2D eigenvalue weighted by atomic mass is 9.80. The zero-order valence-electron chi connectivity index (χ0n) is 14.5. The SMILES string of the molecule is CS(=O)(=O)[C@H]1C#CC(C2CC(Br)=NC(C(F)(F)F)=C2c2ccc(F)cc2)=CC1. The standard InChI is InChI=1S/C19H14BrF4NO2S/c1-28(26,27)14-8-4-11(5-9-14)15-10-16(20)25-18(19(22,23)24)17(15)12-2-6-13(21)7-3-12/h2-4,6-7,14-15H,8,10H2,1H3/t14-,15?/m1/s1. The zero-order valence-corrected chi connectivity index (χ0v) is 16.9. The number of sulfone groups is 1. The summed E-state index contributed by atoms with van der Waals surface area (Å²) in [7, 11) is -3.38. The average molecular weight is 476 g/mol. The Morgan fingerprint density at radius 1 is 1.21 bits per heavy atom. The van der Waals surface area contributed by atoms with Gasteiger partial charge in [-0.3, -0.25) is 0 Å². The number of hydrogen-bond donors (Lipinski definition) is 0. The Hall–Kier alpha value is -1.92. The molecule has 0 saturated heterocycles. The number of allylic oxidation sites excluding steroid dienone is 4. The molecule has 0 radical (unpaired) electrons. The van der Waals surface area contributed by atoms with Crippen LogP contribution >= 0.6 is 15.9 Å². The van der Waals surface area contributed by atoms with Crippen molar-refractivity contribution in [3.63, 3.8) is 0 Å². The number of nitrogens with zero attached hydrogens (tertiary/aromatic N) is 1. The van der Waals surface area contributed by atoms with E-state index in [1.54, 1.807) is 6.08 Å². The number of aliphatic imine (C=N–C) groups is 1. The first-order valence-electron chi connectivity index (χ1n) is 8.17. The molecular formula is C19H14BrF4NO2S. The van der Waals surface area contributed by atoms with E-state index in [4.69, 9.17) is 0 Å². The number of hydrogen-bond acceptors (Lipinski definition) is 3. The zero-order chi connectivity index (χ0) is 20.7. The molecule has 0 bridgehead atoms. The van der Waals surface area contributed by atoms with E-state index < -0.39 is 38.7 Å². The number of alkyl halides is 3. The summed E-state index contributed by atoms with van der Waals surface area (Å²) < 4.78 is 77.8. The molecule has 1 aromatic rings. The van der Waals surface area contributed by atoms with Crippen LogP contribution in [0.25, 0.3) is 5.57 Å². The van der Waals surface area contributed by atoms with Gasteiger partial charge in [-0.2, -0.15) is 13.2 Å². The van der Waals surface area contributed by atoms with Crippen LogP contribution in [0.5, 0.6) is 0 Å². The molecule has 1 aliphatic carbocycles. The molecule has 3 nitrogen and oxygen atoms in total. The van der Waals surface area contributed by atoms with E-state index in [1.165, 1.54) is 12.1 Å². The molecule has 0 amide bonds. The Balaban J connectivity index is 2.14. The Bertz CT molecular complexity index is 1060. The third-order valence-corrected chi connectivity index (χ3v) is 6.30. The molecule has 3 rings (SSSR count). The van der Waals surface area contributed by atoms with E-state index in [9.17, 15) is 26.0 Å². The smallest absolute Gasteiger partial charge is 0.241 e. The molecule has 0 spiro atoms. The minimum atomic E-state index is -4.72. The van der Waals surface area contributed by atoms with Gasteiger partial charge < -0.3 is 0 Å². The molecule has 0 saturated carbocycles. The highest BCUT2D eigenvalue weighted by atomic mass is 79.9. The highest BCUT2D eigenvalue weighted by molar-refractivity contribution is 9.18. The van der Waals surface area contributed by atoms with Gasteiger partial charge in [0.2, 0.25) is 0 Å². The molecule has 0 fully saturated rings. The Morgan fingerprint density at radius 2 is 1.86 bits per heavy atom. The van der Waals surface area contributed by atoms with Crippen LogP contribution in [-0.2, 0) is 9.84 Å². The van der Waals surface area contributed by atoms with Crippen LogP contribution in [0.2, 0.25) is 0 Å². The average Bonchev–Trinajstić information content (AvgIpc) is 2.60. The van der Waals surface area contributed by atoms with Crippen molar-refractivity contribution in [3.8, 4) is 11.8 Å². The molecule has 0 N–H and O–H groups in total. The first kappa shape index (κ1) is 20.8. The van der Waals surface area contributed by atoms with Gasteiger partial charge in [-0.1, -0.05) is 30.0 Å². The number of rotatable bonds is 3. The van der Waals surface area contributed by atoms with Crippen LogP contribution in [0.3, 0.4) is 0 Å². The molecule has 2 aliphatic rings. The minimum Gasteiger partial charge on any atom is -0.241 e. The van der Waals surface area contributed by atoms with Gasteiger partial charge in [0, 0.05) is 24.2 Å². The first-order chi connectivity index (χ1) is 13.0. The molecule has 2 atom stereocenters. The van der Waals surface area contributed by atoms with Crippen molar-refractivity contribution < 1.29 is 26.0 Å². The van der Waals surface area contributed by atoms with Crippen LogP contribution in [0.15, 0.2) is 46.6 Å². The van der Waals surface area contributed by atoms with Crippen molar-refractivity contribution in [1.29, 1.82) is 0 Å². The minimum absolute atomic E-state index is 0.102. The van der Waals surface area contributed by atoms with Crippen LogP contribution < -0.4 is 0 Å². The quantitative estimate of drug-likeness (QED) is 0.471. The molecule has 1 aliphatic heterocycles. The Kier molecular flexibility index (Phi) is 5.56. The first-order valence-corrected chi connectivity index (χ1v) is 10.9. The molecule has 0 aromatic heterocycles. The molecule has 1 unspecified atom stereocenters. The summed E-state index contributed by atoms with van der Waals surface area (Å²) in [6, 6.07) is 4.71. The van der Waals surface area contributed by atoms with E-state index >= 15 is 0 Å². The van der Waals surface area contributed by atoms with Gasteiger partial charge in [0.15, 0.2) is 9.84 Å². The van der Waals surface area contributed by atoms with Crippen LogP contribution in [0.4, 0.5) is 17.6 Å². The summed E-state index contributed by atoms with van der Waals surface area (Å²) in [5, 5.41) is -0.878. The van der Waals surface area contributed by atoms with Crippen molar-refractivity contribution in [2.75, 3.05) is 6.26 Å². The maximum Gasteiger partial charge on any atom is 0.433 e. The fourth-order valence-electron chi connectivity index (χ4n) is 3.13. The van der Waals surface area contributed by atoms with E-state index in [1.807, 2.05) is 0 Å². The topological polar surface area (TPSA) is 46.5 Å². The summed E-state index contributed by atoms with van der Waals surface area (Å²) >= 11 is 3.07. The van der Waals surface area contributed by atoms with Gasteiger partial charge in [0.05, 0.1) is 4.62 Å². The highest BCUT2D eigenvalue weighted by Crippen LogP contribution is 2.45. The van der Waals surface area contributed by atoms with Gasteiger partial charge in [-0.05, 0) is 45.6 Å². The molecule has 148 valence electrons. The fraction of sp³-hybridized carbons (Fsp3) is 0.316. The van der Waals surface area contributed by atoms with Gasteiger partial charge in [-0.25, -0.2) is 17.8 Å². The lowest BCUT2D eigenvalue weighted by molar-refractivity contribution is -0.0921. The molecule has 1 aromatic carbocycles. The van der Waals surface area contributed by atoms with Gasteiger partial charge in [0.25, 0.3) is 0 Å². The second-order valence-corrected chi connectivity index (χ2v) is 9.64. The highest BCUT2D eigenvalue weighted by Gasteiger charge is 2.42. The van der Waals surface area contributed by atoms with E-state index in [0.29, 0.717) is 5.57 Å². The van der Waals surface area contributed by atoms with Crippen molar-refractivity contribution in [1.82, 2.24) is 0 Å². The maximum absolute atomic E-state index is 13.7. The normalized spacial score (nSPS) is 22.9. The molecule has 1 heterocycles. The summed E-state index contributed by atoms with van der Waals surface area (Å²) in [5.74, 6) is 4.02. The van der Waals surface area contributed by atoms with Crippen molar-refractivity contribution in [3.05, 3.63) is 53.0 Å². The van der Waals surface area contributed by atoms with Crippen LogP contribution in [0.1, 0.15) is 18.4 Å². The lowest BCUT2D eigenvalue weighted by Crippen LogP contribution is -2.25. The third kappa shape index (κ3) is 4.39. The Morgan fingerprint density at radius 3 is 2.36 bits per heavy atom. The number of benzene rings is 1. The fourth-order valence-corrected chi connectivity index (χ4v) is 4.35. The van der Waals surface area contributed by atoms with E-state index in [-0.39, 0.29) is 28.6 Å². The summed E-state index contributed by atoms with van der Waals surface area (Å²) in [6.07, 6.45) is -1.85. The maximum atomic E-state index is 13.7. The third-order valence-electron chi connectivity index (χ3n) is 4.45. The molecule has 28 heavy (non-hydrogen) atoms. The van der Waals surface area contributed by atoms with E-state index in [0.717, 1.165) is 18.4 Å². The molecule has 9 heteroatoms. The summed E-state index contributed by atoms with van der Waals surface area (Å²) in [5.41, 5.74) is -0.590. The summed E-state index contributed by atoms with van der Waals surface area (Å²) in [6.45, 7) is 0. The van der Waals surface area contributed by atoms with Crippen LogP contribution in [-0.4, -0.2) is 30.7 Å². The van der Waals surface area contributed by atoms with Gasteiger partial charge >= 0.3 is 6.18 Å². The van der Waals surface area contributed by atoms with Crippen molar-refractivity contribution in [2.24, 2.45) is 10.9 Å². The van der Waals surface area contributed by atoms with Crippen molar-refractivity contribution >= 4 is 36.0 Å². The second-order valence-electron chi connectivity index (χ2n) is 6.49. The predicted molar refractivity (Wildman–Crippen MR) is 103 cm³/mol. The lowest BCUT2D eigenvalue weighted by Gasteiger charge is -2.28. The number of halogens is 5. The van der Waals surface area contributed by atoms with Gasteiger partial charge in [0.1, 0.15) is 16.8 Å². The predicted octanol–water partition coefficient (Wildman–Crippen LogP) is 4.66. The largest absolute Gasteiger partial charge is 0.433 e. The monoisotopic (exact) mass is 475 g/mol. The summed E-state index contributed by atoms with van der Waals surface area (Å²) in [4.78, 5) is 3.66. The van der Waals surface area contributed by atoms with Crippen molar-refractivity contribution in [2.45, 2.75) is 24.3 Å². The Labute approximate surface area is 168 Å². The van der Waals surface area contributed by atoms with Gasteiger partial charge in [-0.15, -0.1) is 0 Å². The molecular weight excluding hydrogens is 462 g/mol. The second kappa shape index (κ2) is 7.48. The van der Waals surface area contributed by atoms with E-state index in [2.05, 4.69) is 32.8 Å².